The Hall–Kier alpha value is -3.25. The van der Waals surface area contributed by atoms with E-state index in [2.05, 4.69) is 15.3 Å². The third-order valence-corrected chi connectivity index (χ3v) is 5.27. The zero-order chi connectivity index (χ0) is 19.0. The van der Waals surface area contributed by atoms with Crippen LogP contribution in [0.4, 0.5) is 11.4 Å². The van der Waals surface area contributed by atoms with Crippen LogP contribution in [0.25, 0.3) is 27.2 Å². The van der Waals surface area contributed by atoms with Gasteiger partial charge < -0.3 is 11.1 Å². The van der Waals surface area contributed by atoms with E-state index in [9.17, 15) is 4.79 Å². The molecule has 0 aliphatic rings. The first-order chi connectivity index (χ1) is 13.0. The zero-order valence-electron chi connectivity index (χ0n) is 15.0. The van der Waals surface area contributed by atoms with E-state index in [1.807, 2.05) is 62.4 Å². The molecule has 0 saturated heterocycles. The Morgan fingerprint density at radius 1 is 1.11 bits per heavy atom. The zero-order valence-corrected chi connectivity index (χ0v) is 15.8. The molecule has 0 unspecified atom stereocenters. The SMILES string of the molecule is CC(C)=Cc1ccc2c(N)c(C(=O)Nc3cccc4ncccc34)sc2n1. The van der Waals surface area contributed by atoms with Gasteiger partial charge in [0.1, 0.15) is 9.71 Å². The molecule has 0 radical (unpaired) electrons. The summed E-state index contributed by atoms with van der Waals surface area (Å²) in [5.74, 6) is -0.240. The molecule has 0 saturated carbocycles. The minimum Gasteiger partial charge on any atom is -0.397 e. The van der Waals surface area contributed by atoms with Gasteiger partial charge in [-0.1, -0.05) is 11.6 Å². The minimum atomic E-state index is -0.240. The van der Waals surface area contributed by atoms with E-state index in [-0.39, 0.29) is 5.91 Å². The lowest BCUT2D eigenvalue weighted by molar-refractivity contribution is 0.103. The number of hydrogen-bond donors (Lipinski definition) is 2. The van der Waals surface area contributed by atoms with Crippen LogP contribution in [0.15, 0.2) is 54.2 Å². The highest BCUT2D eigenvalue weighted by Crippen LogP contribution is 2.34. The maximum atomic E-state index is 12.9. The third-order valence-electron chi connectivity index (χ3n) is 4.15. The summed E-state index contributed by atoms with van der Waals surface area (Å²) in [4.78, 5) is 23.0. The number of rotatable bonds is 3. The number of nitrogens with one attached hydrogen (secondary N) is 1. The summed E-state index contributed by atoms with van der Waals surface area (Å²) in [7, 11) is 0. The molecule has 3 heterocycles. The number of hydrogen-bond acceptors (Lipinski definition) is 5. The number of benzene rings is 1. The Labute approximate surface area is 160 Å². The van der Waals surface area contributed by atoms with Crippen molar-refractivity contribution >= 4 is 55.8 Å². The summed E-state index contributed by atoms with van der Waals surface area (Å²) in [6, 6.07) is 13.2. The van der Waals surface area contributed by atoms with Crippen molar-refractivity contribution in [1.82, 2.24) is 9.97 Å². The molecule has 3 aromatic heterocycles. The average molecular weight is 374 g/mol. The van der Waals surface area contributed by atoms with E-state index in [1.165, 1.54) is 11.3 Å². The molecule has 4 aromatic rings. The normalized spacial score (nSPS) is 10.9. The van der Waals surface area contributed by atoms with Crippen LogP contribution < -0.4 is 11.1 Å². The van der Waals surface area contributed by atoms with E-state index in [1.54, 1.807) is 6.20 Å². The van der Waals surface area contributed by atoms with Crippen LogP contribution in [-0.2, 0) is 0 Å². The highest BCUT2D eigenvalue weighted by molar-refractivity contribution is 7.21. The van der Waals surface area contributed by atoms with Crippen LogP contribution in [0.1, 0.15) is 29.2 Å². The molecule has 6 heteroatoms. The van der Waals surface area contributed by atoms with Gasteiger partial charge in [-0.2, -0.15) is 0 Å². The monoisotopic (exact) mass is 374 g/mol. The fourth-order valence-electron chi connectivity index (χ4n) is 2.95. The van der Waals surface area contributed by atoms with Gasteiger partial charge in [-0.3, -0.25) is 9.78 Å². The van der Waals surface area contributed by atoms with Crippen molar-refractivity contribution in [3.05, 3.63) is 64.8 Å². The predicted molar refractivity (Wildman–Crippen MR) is 113 cm³/mol. The number of carbonyl (C=O) groups is 1. The van der Waals surface area contributed by atoms with Gasteiger partial charge in [-0.05, 0) is 56.3 Å². The molecule has 0 spiro atoms. The fourth-order valence-corrected chi connectivity index (χ4v) is 3.94. The van der Waals surface area contributed by atoms with E-state index < -0.39 is 0 Å². The molecular formula is C21H18N4OS. The molecular weight excluding hydrogens is 356 g/mol. The summed E-state index contributed by atoms with van der Waals surface area (Å²) >= 11 is 1.30. The van der Waals surface area contributed by atoms with E-state index in [0.717, 1.165) is 32.4 Å². The van der Waals surface area contributed by atoms with Gasteiger partial charge in [-0.15, -0.1) is 11.3 Å². The van der Waals surface area contributed by atoms with Crippen LogP contribution in [0.5, 0.6) is 0 Å². The molecule has 0 aliphatic heterocycles. The number of carbonyl (C=O) groups excluding carboxylic acids is 1. The number of aromatic nitrogens is 2. The smallest absolute Gasteiger partial charge is 0.267 e. The first-order valence-corrected chi connectivity index (χ1v) is 9.33. The van der Waals surface area contributed by atoms with Gasteiger partial charge in [0.15, 0.2) is 0 Å². The van der Waals surface area contributed by atoms with Gasteiger partial charge in [0.25, 0.3) is 5.91 Å². The van der Waals surface area contributed by atoms with Crippen molar-refractivity contribution in [2.45, 2.75) is 13.8 Å². The Bertz CT molecular complexity index is 1200. The molecule has 5 nitrogen and oxygen atoms in total. The van der Waals surface area contributed by atoms with E-state index in [0.29, 0.717) is 16.3 Å². The number of fused-ring (bicyclic) bond motifs is 2. The van der Waals surface area contributed by atoms with Gasteiger partial charge in [-0.25, -0.2) is 4.98 Å². The summed E-state index contributed by atoms with van der Waals surface area (Å²) < 4.78 is 0. The molecule has 3 N–H and O–H groups in total. The van der Waals surface area contributed by atoms with Crippen LogP contribution in [0.3, 0.4) is 0 Å². The fraction of sp³-hybridized carbons (Fsp3) is 0.0952. The number of thiophene rings is 1. The largest absolute Gasteiger partial charge is 0.397 e. The lowest BCUT2D eigenvalue weighted by Gasteiger charge is -2.07. The van der Waals surface area contributed by atoms with Gasteiger partial charge >= 0.3 is 0 Å². The quantitative estimate of drug-likeness (QED) is 0.523. The minimum absolute atomic E-state index is 0.240. The van der Waals surface area contributed by atoms with Crippen molar-refractivity contribution in [2.24, 2.45) is 0 Å². The summed E-state index contributed by atoms with van der Waals surface area (Å²) in [6.07, 6.45) is 3.73. The first-order valence-electron chi connectivity index (χ1n) is 8.52. The standard InChI is InChI=1S/C21H18N4OS/c1-12(2)11-13-8-9-15-18(22)19(27-21(15)24-13)20(26)25-17-7-3-6-16-14(17)5-4-10-23-16/h3-11H,22H2,1-2H3,(H,25,26). The Morgan fingerprint density at radius 3 is 2.78 bits per heavy atom. The maximum Gasteiger partial charge on any atom is 0.267 e. The molecule has 0 atom stereocenters. The third kappa shape index (κ3) is 3.27. The topological polar surface area (TPSA) is 80.9 Å². The van der Waals surface area contributed by atoms with Crippen molar-refractivity contribution in [1.29, 1.82) is 0 Å². The molecule has 27 heavy (non-hydrogen) atoms. The van der Waals surface area contributed by atoms with Crippen molar-refractivity contribution in [3.8, 4) is 0 Å². The molecule has 1 amide bonds. The van der Waals surface area contributed by atoms with Crippen molar-refractivity contribution < 1.29 is 4.79 Å². The number of nitrogens with two attached hydrogens (primary N) is 1. The molecule has 0 bridgehead atoms. The van der Waals surface area contributed by atoms with Gasteiger partial charge in [0.2, 0.25) is 0 Å². The second kappa shape index (κ2) is 6.81. The number of nitrogens with zero attached hydrogens (tertiary/aromatic N) is 2. The Kier molecular flexibility index (Phi) is 4.33. The summed E-state index contributed by atoms with van der Waals surface area (Å²) in [5, 5.41) is 4.65. The Balaban J connectivity index is 1.72. The number of allylic oxidation sites excluding steroid dienone is 1. The number of amides is 1. The van der Waals surface area contributed by atoms with Crippen molar-refractivity contribution in [2.75, 3.05) is 11.1 Å². The average Bonchev–Trinajstić information content (AvgIpc) is 2.98. The predicted octanol–water partition coefficient (Wildman–Crippen LogP) is 5.10. The lowest BCUT2D eigenvalue weighted by Crippen LogP contribution is -2.12. The van der Waals surface area contributed by atoms with Crippen LogP contribution >= 0.6 is 11.3 Å². The maximum absolute atomic E-state index is 12.9. The van der Waals surface area contributed by atoms with Crippen LogP contribution in [0, 0.1) is 0 Å². The van der Waals surface area contributed by atoms with E-state index >= 15 is 0 Å². The Morgan fingerprint density at radius 2 is 1.96 bits per heavy atom. The summed E-state index contributed by atoms with van der Waals surface area (Å²) in [6.45, 7) is 4.04. The second-order valence-electron chi connectivity index (χ2n) is 6.49. The number of pyridine rings is 2. The molecule has 134 valence electrons. The highest BCUT2D eigenvalue weighted by Gasteiger charge is 2.18. The van der Waals surface area contributed by atoms with Crippen LogP contribution in [-0.4, -0.2) is 15.9 Å². The van der Waals surface area contributed by atoms with Crippen molar-refractivity contribution in [3.63, 3.8) is 0 Å². The highest BCUT2D eigenvalue weighted by atomic mass is 32.1. The number of anilines is 2. The van der Waals surface area contributed by atoms with Crippen LogP contribution in [0.2, 0.25) is 0 Å². The first kappa shape index (κ1) is 17.2. The number of nitrogen functional groups attached to an aromatic ring is 1. The molecule has 0 aliphatic carbocycles. The van der Waals surface area contributed by atoms with Gasteiger partial charge in [0.05, 0.1) is 22.6 Å². The molecule has 4 rings (SSSR count). The van der Waals surface area contributed by atoms with E-state index in [4.69, 9.17) is 5.73 Å². The summed E-state index contributed by atoms with van der Waals surface area (Å²) in [5.41, 5.74) is 10.3. The molecule has 1 aromatic carbocycles. The van der Waals surface area contributed by atoms with Gasteiger partial charge in [0, 0.05) is 17.0 Å². The second-order valence-corrected chi connectivity index (χ2v) is 7.48. The molecule has 0 fully saturated rings. The lowest BCUT2D eigenvalue weighted by atomic mass is 10.1.